The Morgan fingerprint density at radius 2 is 0.650 bits per heavy atom. The smallest absolute Gasteiger partial charge is 0.00308 e. The normalized spacial score (nSPS) is 49.8. The summed E-state index contributed by atoms with van der Waals surface area (Å²) in [6.45, 7) is 30.2. The Labute approximate surface area is 127 Å². The molecule has 4 rings (SSSR count). The van der Waals surface area contributed by atoms with Gasteiger partial charge in [-0.25, -0.2) is 0 Å². The van der Waals surface area contributed by atoms with Crippen molar-refractivity contribution in [3.63, 3.8) is 0 Å². The first-order valence-electron chi connectivity index (χ1n) is 8.50. The first-order valence-corrected chi connectivity index (χ1v) is 8.50. The maximum absolute atomic E-state index is 2.57. The molecule has 0 aromatic rings. The molecule has 0 heteroatoms. The van der Waals surface area contributed by atoms with E-state index in [4.69, 9.17) is 0 Å². The molecule has 116 valence electrons. The number of hydrogen-bond donors (Lipinski definition) is 0. The third kappa shape index (κ3) is 0.774. The van der Waals surface area contributed by atoms with E-state index in [0.29, 0.717) is 43.3 Å². The van der Waals surface area contributed by atoms with Gasteiger partial charge in [-0.3, -0.25) is 0 Å². The molecule has 0 saturated heterocycles. The van der Waals surface area contributed by atoms with Gasteiger partial charge in [0, 0.05) is 0 Å². The lowest BCUT2D eigenvalue weighted by Crippen LogP contribution is -2.57. The van der Waals surface area contributed by atoms with Gasteiger partial charge in [-0.2, -0.15) is 0 Å². The summed E-state index contributed by atoms with van der Waals surface area (Å²) in [4.78, 5) is 0. The SMILES string of the molecule is CC(C)(C)C(C(C)(C)C)(C(C)(C)C)C12C3(C)C1(C)C32C. The van der Waals surface area contributed by atoms with Crippen LogP contribution in [-0.2, 0) is 0 Å². The fraction of sp³-hybridized carbons (Fsp3) is 1.00. The van der Waals surface area contributed by atoms with Crippen LogP contribution in [-0.4, -0.2) is 0 Å². The lowest BCUT2D eigenvalue weighted by Gasteiger charge is -2.63. The first-order chi connectivity index (χ1) is 8.50. The molecule has 0 aromatic carbocycles. The number of rotatable bonds is 1. The van der Waals surface area contributed by atoms with E-state index >= 15 is 0 Å². The highest BCUT2D eigenvalue weighted by Crippen LogP contribution is 3.36. The van der Waals surface area contributed by atoms with Crippen LogP contribution in [0.5, 0.6) is 0 Å². The van der Waals surface area contributed by atoms with Gasteiger partial charge in [0.1, 0.15) is 0 Å². The van der Waals surface area contributed by atoms with E-state index in [1.807, 2.05) is 0 Å². The molecule has 0 atom stereocenters. The van der Waals surface area contributed by atoms with Crippen LogP contribution in [0.25, 0.3) is 0 Å². The molecule has 20 heavy (non-hydrogen) atoms. The Balaban J connectivity index is 2.29. The van der Waals surface area contributed by atoms with E-state index in [1.165, 1.54) is 0 Å². The molecular formula is C20H36. The molecule has 0 aliphatic heterocycles. The zero-order valence-corrected chi connectivity index (χ0v) is 16.0. The third-order valence-electron chi connectivity index (χ3n) is 8.94. The van der Waals surface area contributed by atoms with Crippen molar-refractivity contribution in [1.29, 1.82) is 0 Å². The predicted molar refractivity (Wildman–Crippen MR) is 87.6 cm³/mol. The largest absolute Gasteiger partial charge is 0.0596 e. The zero-order valence-electron chi connectivity index (χ0n) is 16.0. The van der Waals surface area contributed by atoms with Gasteiger partial charge in [-0.05, 0) is 43.3 Å². The van der Waals surface area contributed by atoms with Crippen LogP contribution in [0.2, 0.25) is 0 Å². The predicted octanol–water partition coefficient (Wildman–Crippen LogP) is 6.16. The van der Waals surface area contributed by atoms with E-state index in [9.17, 15) is 0 Å². The van der Waals surface area contributed by atoms with E-state index < -0.39 is 0 Å². The third-order valence-corrected chi connectivity index (χ3v) is 8.94. The van der Waals surface area contributed by atoms with Gasteiger partial charge in [-0.1, -0.05) is 83.1 Å². The van der Waals surface area contributed by atoms with Crippen molar-refractivity contribution in [3.05, 3.63) is 0 Å². The molecule has 0 spiro atoms. The Hall–Kier alpha value is 0. The van der Waals surface area contributed by atoms with Gasteiger partial charge < -0.3 is 0 Å². The minimum atomic E-state index is 0.316. The summed E-state index contributed by atoms with van der Waals surface area (Å²) >= 11 is 0. The van der Waals surface area contributed by atoms with Crippen molar-refractivity contribution in [1.82, 2.24) is 0 Å². The maximum Gasteiger partial charge on any atom is -0.00308 e. The highest BCUT2D eigenvalue weighted by molar-refractivity contribution is 5.79. The van der Waals surface area contributed by atoms with Crippen LogP contribution in [0, 0.1) is 43.3 Å². The average molecular weight is 277 g/mol. The van der Waals surface area contributed by atoms with E-state index in [1.54, 1.807) is 0 Å². The molecule has 0 N–H and O–H groups in total. The molecule has 4 saturated carbocycles. The molecule has 4 aliphatic rings. The van der Waals surface area contributed by atoms with Crippen molar-refractivity contribution < 1.29 is 0 Å². The van der Waals surface area contributed by atoms with Crippen molar-refractivity contribution in [3.8, 4) is 0 Å². The van der Waals surface area contributed by atoms with Crippen molar-refractivity contribution in [2.45, 2.75) is 83.1 Å². The molecule has 0 nitrogen and oxygen atoms in total. The minimum absolute atomic E-state index is 0.316. The number of hydrogen-bond acceptors (Lipinski definition) is 0. The van der Waals surface area contributed by atoms with Crippen LogP contribution in [0.1, 0.15) is 83.1 Å². The Morgan fingerprint density at radius 3 is 0.700 bits per heavy atom. The van der Waals surface area contributed by atoms with Gasteiger partial charge in [0.2, 0.25) is 0 Å². The Kier molecular flexibility index (Phi) is 1.99. The molecule has 4 fully saturated rings. The van der Waals surface area contributed by atoms with Crippen molar-refractivity contribution in [2.24, 2.45) is 43.3 Å². The van der Waals surface area contributed by atoms with Crippen LogP contribution in [0.15, 0.2) is 0 Å². The quantitative estimate of drug-likeness (QED) is 0.538. The Bertz CT molecular complexity index is 420. The highest BCUT2D eigenvalue weighted by Gasteiger charge is 3.34. The molecule has 0 radical (unpaired) electrons. The summed E-state index contributed by atoms with van der Waals surface area (Å²) in [5, 5.41) is 0. The molecule has 4 aliphatic carbocycles. The van der Waals surface area contributed by atoms with Crippen molar-refractivity contribution in [2.75, 3.05) is 0 Å². The highest BCUT2D eigenvalue weighted by atomic mass is 15.4. The summed E-state index contributed by atoms with van der Waals surface area (Å²) < 4.78 is 0. The lowest BCUT2D eigenvalue weighted by molar-refractivity contribution is -0.153. The molecule has 0 bridgehead atoms. The summed E-state index contributed by atoms with van der Waals surface area (Å²) in [7, 11) is 0. The van der Waals surface area contributed by atoms with Crippen molar-refractivity contribution >= 4 is 0 Å². The fourth-order valence-electron chi connectivity index (χ4n) is 9.84. The van der Waals surface area contributed by atoms with Crippen LogP contribution in [0.3, 0.4) is 0 Å². The second-order valence-electron chi connectivity index (χ2n) is 11.6. The summed E-state index contributed by atoms with van der Waals surface area (Å²) in [5.74, 6) is 0. The second kappa shape index (κ2) is 2.67. The van der Waals surface area contributed by atoms with Gasteiger partial charge in [0.25, 0.3) is 0 Å². The van der Waals surface area contributed by atoms with Gasteiger partial charge >= 0.3 is 0 Å². The lowest BCUT2D eigenvalue weighted by atomic mass is 9.41. The first kappa shape index (κ1) is 14.9. The molecular weight excluding hydrogens is 240 g/mol. The molecule has 0 amide bonds. The second-order valence-corrected chi connectivity index (χ2v) is 11.6. The molecule has 0 aromatic heterocycles. The van der Waals surface area contributed by atoms with Crippen LogP contribution < -0.4 is 0 Å². The Morgan fingerprint density at radius 1 is 0.450 bits per heavy atom. The van der Waals surface area contributed by atoms with E-state index in [-0.39, 0.29) is 0 Å². The van der Waals surface area contributed by atoms with Gasteiger partial charge in [0.05, 0.1) is 0 Å². The van der Waals surface area contributed by atoms with E-state index in [0.717, 1.165) is 0 Å². The monoisotopic (exact) mass is 276 g/mol. The molecule has 0 unspecified atom stereocenters. The maximum atomic E-state index is 2.57. The topological polar surface area (TPSA) is 0 Å². The molecule has 0 heterocycles. The van der Waals surface area contributed by atoms with Gasteiger partial charge in [-0.15, -0.1) is 0 Å². The average Bonchev–Trinajstić information content (AvgIpc) is 2.97. The summed E-state index contributed by atoms with van der Waals surface area (Å²) in [6.07, 6.45) is 0. The van der Waals surface area contributed by atoms with Gasteiger partial charge in [0.15, 0.2) is 0 Å². The minimum Gasteiger partial charge on any atom is -0.0596 e. The van der Waals surface area contributed by atoms with Crippen LogP contribution >= 0.6 is 0 Å². The summed E-state index contributed by atoms with van der Waals surface area (Å²) in [5.41, 5.74) is 3.76. The van der Waals surface area contributed by atoms with E-state index in [2.05, 4.69) is 83.1 Å². The summed E-state index contributed by atoms with van der Waals surface area (Å²) in [6, 6.07) is 0. The standard InChI is InChI=1S/C20H36/c1-13(2,3)19(14(4,5)6,15(7,8)9)20-16(10)17(20,11)18(16,20)12/h1-12H3. The fourth-order valence-corrected chi connectivity index (χ4v) is 9.84. The van der Waals surface area contributed by atoms with Crippen LogP contribution in [0.4, 0.5) is 0 Å². The zero-order chi connectivity index (χ0) is 16.0.